The van der Waals surface area contributed by atoms with E-state index in [0.717, 1.165) is 4.88 Å². The van der Waals surface area contributed by atoms with Crippen LogP contribution in [-0.4, -0.2) is 30.6 Å². The fourth-order valence-electron chi connectivity index (χ4n) is 1.27. The second kappa shape index (κ2) is 7.52. The Kier molecular flexibility index (Phi) is 6.01. The molecule has 1 aromatic heterocycles. The smallest absolute Gasteiger partial charge is 0.321 e. The van der Waals surface area contributed by atoms with Gasteiger partial charge in [0, 0.05) is 11.4 Å². The van der Waals surface area contributed by atoms with E-state index in [9.17, 15) is 14.4 Å². The molecule has 0 saturated heterocycles. The molecule has 0 bridgehead atoms. The Morgan fingerprint density at radius 2 is 2.16 bits per heavy atom. The number of imide groups is 1. The summed E-state index contributed by atoms with van der Waals surface area (Å²) in [4.78, 5) is 35.0. The fourth-order valence-corrected chi connectivity index (χ4v) is 1.96. The molecular formula is C12H16N2O4S. The monoisotopic (exact) mass is 284 g/mol. The number of thiophene rings is 1. The molecule has 0 aromatic carbocycles. The highest BCUT2D eigenvalue weighted by molar-refractivity contribution is 7.10. The van der Waals surface area contributed by atoms with Gasteiger partial charge in [0.25, 0.3) is 5.91 Å². The molecule has 7 heteroatoms. The van der Waals surface area contributed by atoms with Crippen molar-refractivity contribution in [2.45, 2.75) is 26.4 Å². The third-order valence-corrected chi connectivity index (χ3v) is 3.03. The highest BCUT2D eigenvalue weighted by Gasteiger charge is 2.19. The maximum absolute atomic E-state index is 11.5. The molecule has 0 aliphatic carbocycles. The first-order valence-electron chi connectivity index (χ1n) is 5.83. The molecule has 19 heavy (non-hydrogen) atoms. The van der Waals surface area contributed by atoms with E-state index >= 15 is 0 Å². The first-order chi connectivity index (χ1) is 9.02. The number of carbonyl (C=O) groups excluding carboxylic acids is 3. The van der Waals surface area contributed by atoms with Gasteiger partial charge in [0.05, 0.1) is 6.42 Å². The number of amides is 3. The second-order valence-corrected chi connectivity index (χ2v) is 4.77. The van der Waals surface area contributed by atoms with Crippen molar-refractivity contribution in [2.75, 3.05) is 6.54 Å². The predicted octanol–water partition coefficient (Wildman–Crippen LogP) is 1.07. The molecule has 0 saturated carbocycles. The number of carbonyl (C=O) groups is 3. The molecule has 3 amide bonds. The van der Waals surface area contributed by atoms with Crippen molar-refractivity contribution in [3.05, 3.63) is 22.4 Å². The van der Waals surface area contributed by atoms with E-state index in [1.165, 1.54) is 18.3 Å². The minimum atomic E-state index is -1.00. The van der Waals surface area contributed by atoms with Crippen LogP contribution in [0.1, 0.15) is 18.7 Å². The fraction of sp³-hybridized carbons (Fsp3) is 0.417. The molecule has 0 aliphatic heterocycles. The van der Waals surface area contributed by atoms with Crippen LogP contribution in [-0.2, 0) is 20.7 Å². The Bertz CT molecular complexity index is 445. The zero-order chi connectivity index (χ0) is 14.3. The summed E-state index contributed by atoms with van der Waals surface area (Å²) in [7, 11) is 0. The lowest BCUT2D eigenvalue weighted by Gasteiger charge is -2.12. The quantitative estimate of drug-likeness (QED) is 0.792. The summed E-state index contributed by atoms with van der Waals surface area (Å²) in [6, 6.07) is 3.04. The SMILES string of the molecule is CCNC(=O)NC(=O)C(C)OC(=O)Cc1cccs1. The van der Waals surface area contributed by atoms with E-state index in [-0.39, 0.29) is 6.42 Å². The topological polar surface area (TPSA) is 84.5 Å². The van der Waals surface area contributed by atoms with Crippen molar-refractivity contribution in [3.8, 4) is 0 Å². The van der Waals surface area contributed by atoms with Crippen LogP contribution in [0, 0.1) is 0 Å². The third-order valence-electron chi connectivity index (χ3n) is 2.15. The Morgan fingerprint density at radius 1 is 1.42 bits per heavy atom. The molecule has 0 aliphatic rings. The standard InChI is InChI=1S/C12H16N2O4S/c1-3-13-12(17)14-11(16)8(2)18-10(15)7-9-5-4-6-19-9/h4-6,8H,3,7H2,1-2H3,(H2,13,14,16,17). The molecule has 6 nitrogen and oxygen atoms in total. The Hall–Kier alpha value is -1.89. The van der Waals surface area contributed by atoms with Gasteiger partial charge in [-0.2, -0.15) is 0 Å². The van der Waals surface area contributed by atoms with Gasteiger partial charge in [0.15, 0.2) is 6.10 Å². The molecular weight excluding hydrogens is 268 g/mol. The maximum Gasteiger partial charge on any atom is 0.321 e. The first kappa shape index (κ1) is 15.2. The van der Waals surface area contributed by atoms with Crippen molar-refractivity contribution >= 4 is 29.2 Å². The van der Waals surface area contributed by atoms with Crippen LogP contribution < -0.4 is 10.6 Å². The number of rotatable bonds is 5. The average Bonchev–Trinajstić information content (AvgIpc) is 2.81. The van der Waals surface area contributed by atoms with E-state index in [4.69, 9.17) is 4.74 Å². The summed E-state index contributed by atoms with van der Waals surface area (Å²) in [5.74, 6) is -1.15. The van der Waals surface area contributed by atoms with Crippen LogP contribution in [0.5, 0.6) is 0 Å². The molecule has 104 valence electrons. The predicted molar refractivity (Wildman–Crippen MR) is 70.8 cm³/mol. The van der Waals surface area contributed by atoms with Gasteiger partial charge in [0.1, 0.15) is 0 Å². The number of esters is 1. The van der Waals surface area contributed by atoms with Crippen molar-refractivity contribution in [1.82, 2.24) is 10.6 Å². The van der Waals surface area contributed by atoms with Crippen molar-refractivity contribution in [1.29, 1.82) is 0 Å². The van der Waals surface area contributed by atoms with Gasteiger partial charge in [-0.1, -0.05) is 6.07 Å². The van der Waals surface area contributed by atoms with Crippen LogP contribution >= 0.6 is 11.3 Å². The van der Waals surface area contributed by atoms with Gasteiger partial charge in [0.2, 0.25) is 0 Å². The van der Waals surface area contributed by atoms with Gasteiger partial charge in [-0.3, -0.25) is 14.9 Å². The number of ether oxygens (including phenoxy) is 1. The van der Waals surface area contributed by atoms with Crippen LogP contribution in [0.15, 0.2) is 17.5 Å². The van der Waals surface area contributed by atoms with Gasteiger partial charge >= 0.3 is 12.0 Å². The van der Waals surface area contributed by atoms with Crippen LogP contribution in [0.2, 0.25) is 0 Å². The third kappa shape index (κ3) is 5.52. The van der Waals surface area contributed by atoms with Gasteiger partial charge in [-0.15, -0.1) is 11.3 Å². The normalized spacial score (nSPS) is 11.5. The zero-order valence-electron chi connectivity index (χ0n) is 10.8. The van der Waals surface area contributed by atoms with E-state index in [1.54, 1.807) is 6.92 Å². The highest BCUT2D eigenvalue weighted by atomic mass is 32.1. The van der Waals surface area contributed by atoms with Gasteiger partial charge in [-0.05, 0) is 25.3 Å². The number of hydrogen-bond acceptors (Lipinski definition) is 5. The number of hydrogen-bond donors (Lipinski definition) is 2. The van der Waals surface area contributed by atoms with Crippen LogP contribution in [0.3, 0.4) is 0 Å². The summed E-state index contributed by atoms with van der Waals surface area (Å²) >= 11 is 1.44. The van der Waals surface area contributed by atoms with Crippen molar-refractivity contribution in [2.24, 2.45) is 0 Å². The Morgan fingerprint density at radius 3 is 2.74 bits per heavy atom. The lowest BCUT2D eigenvalue weighted by atomic mass is 10.3. The van der Waals surface area contributed by atoms with Crippen LogP contribution in [0.4, 0.5) is 4.79 Å². The number of nitrogens with one attached hydrogen (secondary N) is 2. The lowest BCUT2D eigenvalue weighted by molar-refractivity contribution is -0.153. The Balaban J connectivity index is 2.37. The molecule has 1 atom stereocenters. The summed E-state index contributed by atoms with van der Waals surface area (Å²) in [6.45, 7) is 3.56. The maximum atomic E-state index is 11.5. The number of urea groups is 1. The summed E-state index contributed by atoms with van der Waals surface area (Å²) in [5.41, 5.74) is 0. The summed E-state index contributed by atoms with van der Waals surface area (Å²) in [5, 5.41) is 6.35. The van der Waals surface area contributed by atoms with Crippen molar-refractivity contribution < 1.29 is 19.1 Å². The molecule has 1 heterocycles. The molecule has 1 rings (SSSR count). The average molecular weight is 284 g/mol. The van der Waals surface area contributed by atoms with E-state index < -0.39 is 24.0 Å². The zero-order valence-corrected chi connectivity index (χ0v) is 11.6. The molecule has 2 N–H and O–H groups in total. The van der Waals surface area contributed by atoms with Crippen molar-refractivity contribution in [3.63, 3.8) is 0 Å². The molecule has 0 radical (unpaired) electrons. The summed E-state index contributed by atoms with van der Waals surface area (Å²) < 4.78 is 4.94. The summed E-state index contributed by atoms with van der Waals surface area (Å²) in [6.07, 6.45) is -0.883. The second-order valence-electron chi connectivity index (χ2n) is 3.74. The largest absolute Gasteiger partial charge is 0.452 e. The molecule has 0 spiro atoms. The minimum Gasteiger partial charge on any atom is -0.452 e. The Labute approximate surface area is 115 Å². The molecule has 1 aromatic rings. The van der Waals surface area contributed by atoms with E-state index in [0.29, 0.717) is 6.54 Å². The lowest BCUT2D eigenvalue weighted by Crippen LogP contribution is -2.44. The van der Waals surface area contributed by atoms with Crippen LogP contribution in [0.25, 0.3) is 0 Å². The highest BCUT2D eigenvalue weighted by Crippen LogP contribution is 2.10. The minimum absolute atomic E-state index is 0.121. The first-order valence-corrected chi connectivity index (χ1v) is 6.71. The molecule has 1 unspecified atom stereocenters. The molecule has 0 fully saturated rings. The van der Waals surface area contributed by atoms with E-state index in [1.807, 2.05) is 17.5 Å². The van der Waals surface area contributed by atoms with E-state index in [2.05, 4.69) is 10.6 Å². The van der Waals surface area contributed by atoms with Gasteiger partial charge < -0.3 is 10.1 Å². The van der Waals surface area contributed by atoms with Gasteiger partial charge in [-0.25, -0.2) is 4.79 Å².